The van der Waals surface area contributed by atoms with Crippen LogP contribution in [0.3, 0.4) is 0 Å². The fourth-order valence-corrected chi connectivity index (χ4v) is 2.74. The number of carboxylic acids is 1. The van der Waals surface area contributed by atoms with Crippen LogP contribution in [0.15, 0.2) is 24.3 Å². The van der Waals surface area contributed by atoms with Crippen molar-refractivity contribution in [3.05, 3.63) is 39.9 Å². The molecular formula is C14H15NO5. The predicted molar refractivity (Wildman–Crippen MR) is 70.3 cm³/mol. The van der Waals surface area contributed by atoms with Crippen LogP contribution in [0.5, 0.6) is 0 Å². The summed E-state index contributed by atoms with van der Waals surface area (Å²) in [7, 11) is 0. The van der Waals surface area contributed by atoms with Crippen molar-refractivity contribution in [1.29, 1.82) is 0 Å². The van der Waals surface area contributed by atoms with Gasteiger partial charge in [0.15, 0.2) is 5.78 Å². The summed E-state index contributed by atoms with van der Waals surface area (Å²) in [6.07, 6.45) is 1.70. The van der Waals surface area contributed by atoms with E-state index < -0.39 is 16.3 Å². The van der Waals surface area contributed by atoms with Crippen LogP contribution in [0.4, 0.5) is 5.69 Å². The summed E-state index contributed by atoms with van der Waals surface area (Å²) in [4.78, 5) is 34.1. The maximum absolute atomic E-state index is 12.1. The van der Waals surface area contributed by atoms with E-state index in [1.54, 1.807) is 6.07 Å². The molecule has 106 valence electrons. The molecule has 1 aromatic carbocycles. The molecule has 1 aliphatic carbocycles. The molecule has 0 radical (unpaired) electrons. The first-order chi connectivity index (χ1) is 9.47. The highest BCUT2D eigenvalue weighted by atomic mass is 16.6. The minimum absolute atomic E-state index is 0.113. The quantitative estimate of drug-likeness (QED) is 0.517. The average molecular weight is 277 g/mol. The van der Waals surface area contributed by atoms with Gasteiger partial charge < -0.3 is 5.11 Å². The molecule has 6 nitrogen and oxygen atoms in total. The summed E-state index contributed by atoms with van der Waals surface area (Å²) in [5.74, 6) is -1.50. The van der Waals surface area contributed by atoms with Crippen molar-refractivity contribution >= 4 is 17.4 Å². The van der Waals surface area contributed by atoms with Gasteiger partial charge in [-0.2, -0.15) is 0 Å². The Morgan fingerprint density at radius 2 is 2.05 bits per heavy atom. The van der Waals surface area contributed by atoms with Crippen LogP contribution < -0.4 is 0 Å². The second-order valence-corrected chi connectivity index (χ2v) is 5.08. The number of para-hydroxylation sites is 1. The number of carbonyl (C=O) groups excluding carboxylic acids is 1. The molecule has 0 amide bonds. The molecule has 0 saturated heterocycles. The highest BCUT2D eigenvalue weighted by molar-refractivity contribution is 6.03. The number of benzene rings is 1. The van der Waals surface area contributed by atoms with Crippen LogP contribution in [-0.2, 0) is 16.0 Å². The molecule has 1 atom stereocenters. The van der Waals surface area contributed by atoms with Gasteiger partial charge in [0.2, 0.25) is 0 Å². The third-order valence-corrected chi connectivity index (χ3v) is 3.88. The molecule has 1 N–H and O–H groups in total. The van der Waals surface area contributed by atoms with E-state index in [0.29, 0.717) is 18.4 Å². The number of nitro groups is 1. The fourth-order valence-electron chi connectivity index (χ4n) is 2.74. The number of carboxylic acid groups (broad SMARTS) is 1. The Kier molecular flexibility index (Phi) is 3.83. The number of ketones is 1. The van der Waals surface area contributed by atoms with Gasteiger partial charge in [0, 0.05) is 24.5 Å². The summed E-state index contributed by atoms with van der Waals surface area (Å²) >= 11 is 0. The molecule has 1 saturated carbocycles. The van der Waals surface area contributed by atoms with E-state index in [0.717, 1.165) is 0 Å². The van der Waals surface area contributed by atoms with Crippen molar-refractivity contribution in [2.45, 2.75) is 32.1 Å². The van der Waals surface area contributed by atoms with Gasteiger partial charge >= 0.3 is 5.97 Å². The third kappa shape index (κ3) is 2.41. The minimum Gasteiger partial charge on any atom is -0.480 e. The topological polar surface area (TPSA) is 97.5 Å². The summed E-state index contributed by atoms with van der Waals surface area (Å²) in [5.41, 5.74) is -1.34. The van der Waals surface area contributed by atoms with Gasteiger partial charge in [-0.25, -0.2) is 0 Å². The Morgan fingerprint density at radius 1 is 1.35 bits per heavy atom. The van der Waals surface area contributed by atoms with Crippen LogP contribution in [0.1, 0.15) is 31.2 Å². The van der Waals surface area contributed by atoms with Crippen molar-refractivity contribution in [3.8, 4) is 0 Å². The van der Waals surface area contributed by atoms with Crippen LogP contribution in [0, 0.1) is 15.5 Å². The Hall–Kier alpha value is -2.24. The number of hydrogen-bond donors (Lipinski definition) is 1. The lowest BCUT2D eigenvalue weighted by Crippen LogP contribution is -2.43. The number of hydrogen-bond acceptors (Lipinski definition) is 4. The second kappa shape index (κ2) is 5.40. The summed E-state index contributed by atoms with van der Waals surface area (Å²) in [6.45, 7) is 0. The molecule has 20 heavy (non-hydrogen) atoms. The first kappa shape index (κ1) is 14.2. The number of nitro benzene ring substituents is 1. The van der Waals surface area contributed by atoms with E-state index in [2.05, 4.69) is 0 Å². The van der Waals surface area contributed by atoms with Crippen LogP contribution in [-0.4, -0.2) is 21.8 Å². The normalized spacial score (nSPS) is 22.5. The van der Waals surface area contributed by atoms with Gasteiger partial charge in [-0.3, -0.25) is 19.7 Å². The van der Waals surface area contributed by atoms with Crippen LogP contribution in [0.2, 0.25) is 0 Å². The lowest BCUT2D eigenvalue weighted by atomic mass is 9.69. The monoisotopic (exact) mass is 277 g/mol. The maximum atomic E-state index is 12.1. The van der Waals surface area contributed by atoms with Gasteiger partial charge in [-0.15, -0.1) is 0 Å². The van der Waals surface area contributed by atoms with Gasteiger partial charge in [0.25, 0.3) is 5.69 Å². The van der Waals surface area contributed by atoms with E-state index in [4.69, 9.17) is 0 Å². The van der Waals surface area contributed by atoms with Crippen molar-refractivity contribution in [2.75, 3.05) is 0 Å². The van der Waals surface area contributed by atoms with E-state index >= 15 is 0 Å². The number of Topliss-reactive ketones (excluding diaryl/α,β-unsaturated/α-hetero) is 1. The summed E-state index contributed by atoms with van der Waals surface area (Å²) in [5, 5.41) is 20.5. The van der Waals surface area contributed by atoms with Gasteiger partial charge in [0.05, 0.1) is 4.92 Å². The molecule has 1 fully saturated rings. The number of nitrogens with zero attached hydrogens (tertiary/aromatic N) is 1. The minimum atomic E-state index is -1.51. The summed E-state index contributed by atoms with van der Waals surface area (Å²) < 4.78 is 0. The standard InChI is InChI=1S/C14H15NO5/c16-12-7-3-4-8-14(12,13(17)18)9-10-5-1-2-6-11(10)15(19)20/h1-2,5-6H,3-4,7-9H2,(H,17,18). The van der Waals surface area contributed by atoms with E-state index in [1.165, 1.54) is 18.2 Å². The molecule has 1 unspecified atom stereocenters. The van der Waals surface area contributed by atoms with Gasteiger partial charge in [-0.1, -0.05) is 24.6 Å². The molecule has 6 heteroatoms. The number of aliphatic carboxylic acids is 1. The lowest BCUT2D eigenvalue weighted by molar-refractivity contribution is -0.385. The molecule has 0 heterocycles. The van der Waals surface area contributed by atoms with Crippen molar-refractivity contribution < 1.29 is 19.6 Å². The zero-order valence-corrected chi connectivity index (χ0v) is 10.9. The largest absolute Gasteiger partial charge is 0.480 e. The first-order valence-corrected chi connectivity index (χ1v) is 6.46. The molecule has 1 aromatic rings. The predicted octanol–water partition coefficient (Wildman–Crippen LogP) is 2.35. The molecule has 1 aliphatic rings. The van der Waals surface area contributed by atoms with Gasteiger partial charge in [0.1, 0.15) is 5.41 Å². The Balaban J connectivity index is 2.41. The van der Waals surface area contributed by atoms with Crippen LogP contribution >= 0.6 is 0 Å². The fraction of sp³-hybridized carbons (Fsp3) is 0.429. The molecule has 2 rings (SSSR count). The van der Waals surface area contributed by atoms with Crippen molar-refractivity contribution in [1.82, 2.24) is 0 Å². The van der Waals surface area contributed by atoms with E-state index in [9.17, 15) is 24.8 Å². The number of rotatable bonds is 4. The molecule has 0 spiro atoms. The number of carbonyl (C=O) groups is 2. The molecule has 0 bridgehead atoms. The smallest absolute Gasteiger partial charge is 0.317 e. The van der Waals surface area contributed by atoms with E-state index in [1.807, 2.05) is 0 Å². The third-order valence-electron chi connectivity index (χ3n) is 3.88. The highest BCUT2D eigenvalue weighted by Crippen LogP contribution is 2.38. The van der Waals surface area contributed by atoms with Crippen LogP contribution in [0.25, 0.3) is 0 Å². The van der Waals surface area contributed by atoms with Gasteiger partial charge in [-0.05, 0) is 12.8 Å². The lowest BCUT2D eigenvalue weighted by Gasteiger charge is -2.31. The maximum Gasteiger partial charge on any atom is 0.317 e. The Morgan fingerprint density at radius 3 is 2.65 bits per heavy atom. The highest BCUT2D eigenvalue weighted by Gasteiger charge is 2.47. The van der Waals surface area contributed by atoms with Crippen molar-refractivity contribution in [3.63, 3.8) is 0 Å². The second-order valence-electron chi connectivity index (χ2n) is 5.08. The zero-order valence-electron chi connectivity index (χ0n) is 10.9. The first-order valence-electron chi connectivity index (χ1n) is 6.46. The molecule has 0 aliphatic heterocycles. The SMILES string of the molecule is O=C(O)C1(Cc2ccccc2[N+](=O)[O-])CCCCC1=O. The zero-order chi connectivity index (χ0) is 14.8. The van der Waals surface area contributed by atoms with E-state index in [-0.39, 0.29) is 30.7 Å². The average Bonchev–Trinajstić information content (AvgIpc) is 2.41. The summed E-state index contributed by atoms with van der Waals surface area (Å²) in [6, 6.07) is 5.99. The Bertz CT molecular complexity index is 568. The van der Waals surface area contributed by atoms with Crippen molar-refractivity contribution in [2.24, 2.45) is 5.41 Å². The molecule has 0 aromatic heterocycles. The molecular weight excluding hydrogens is 262 g/mol. The Labute approximate surface area is 115 Å².